The normalized spacial score (nSPS) is 17.9. The standard InChI is InChI=1S/C28H34ClN9O2/c1-17-3-9-22(35-27(40)12-5-18-13-19(29)6-10-25(18)38(31)16-34-30)28-33-15-24(37-28)21-8-7-20(32-2)14-23(21)36-26(39)11-4-17/h5-8,10,12-17,22,32H,3-4,9,11,30-31H2,1-2H3,(H,33,37)(H,35,40)(H,36,39)/b12-5+,34-16-/t17?,22-/m0/s1. The average molecular weight is 564 g/mol. The number of carbonyl (C=O) groups is 2. The maximum atomic E-state index is 13.1. The number of amides is 2. The van der Waals surface area contributed by atoms with Gasteiger partial charge in [-0.3, -0.25) is 14.6 Å². The molecule has 2 aromatic carbocycles. The number of aromatic nitrogens is 2. The zero-order chi connectivity index (χ0) is 28.6. The zero-order valence-electron chi connectivity index (χ0n) is 22.4. The first-order chi connectivity index (χ1) is 19.3. The van der Waals surface area contributed by atoms with E-state index in [-0.39, 0.29) is 23.8 Å². The Morgan fingerprint density at radius 3 is 2.83 bits per heavy atom. The molecule has 0 radical (unpaired) electrons. The lowest BCUT2D eigenvalue weighted by atomic mass is 9.96. The first-order valence-electron chi connectivity index (χ1n) is 13.0. The van der Waals surface area contributed by atoms with Crippen LogP contribution >= 0.6 is 11.6 Å². The number of imidazole rings is 1. The van der Waals surface area contributed by atoms with Crippen molar-refractivity contribution >= 4 is 52.9 Å². The van der Waals surface area contributed by atoms with Crippen LogP contribution in [0, 0.1) is 5.92 Å². The molecule has 8 N–H and O–H groups in total. The largest absolute Gasteiger partial charge is 0.388 e. The predicted octanol–water partition coefficient (Wildman–Crippen LogP) is 4.37. The number of H-pyrrole nitrogens is 1. The number of benzene rings is 2. The van der Waals surface area contributed by atoms with Crippen molar-refractivity contribution in [3.8, 4) is 11.3 Å². The minimum atomic E-state index is -0.369. The maximum absolute atomic E-state index is 13.1. The third-order valence-electron chi connectivity index (χ3n) is 6.80. The highest BCUT2D eigenvalue weighted by atomic mass is 35.5. The van der Waals surface area contributed by atoms with Crippen LogP contribution in [0.5, 0.6) is 0 Å². The predicted molar refractivity (Wildman–Crippen MR) is 161 cm³/mol. The molecule has 1 aliphatic rings. The minimum absolute atomic E-state index is 0.0375. The molecule has 2 amide bonds. The molecule has 3 aromatic rings. The SMILES string of the molecule is CNc1ccc2c(c1)NC(=O)CCC(C)CC[C@H](NC(=O)/C=C/c1cc(Cl)ccc1N(N)/C=N\N)c1ncc-2[nH]1. The van der Waals surface area contributed by atoms with Gasteiger partial charge in [0.2, 0.25) is 11.8 Å². The molecule has 2 bridgehead atoms. The number of carbonyl (C=O) groups excluding carboxylic acids is 2. The van der Waals surface area contributed by atoms with Gasteiger partial charge in [0, 0.05) is 41.4 Å². The molecule has 11 nitrogen and oxygen atoms in total. The molecular weight excluding hydrogens is 530 g/mol. The fourth-order valence-electron chi connectivity index (χ4n) is 4.56. The van der Waals surface area contributed by atoms with Crippen LogP contribution in [0.2, 0.25) is 5.02 Å². The monoisotopic (exact) mass is 563 g/mol. The fraction of sp³-hybridized carbons (Fsp3) is 0.286. The average Bonchev–Trinajstić information content (AvgIpc) is 3.42. The topological polar surface area (TPSA) is 167 Å². The third-order valence-corrected chi connectivity index (χ3v) is 7.04. The number of rotatable bonds is 6. The molecule has 2 heterocycles. The van der Waals surface area contributed by atoms with Gasteiger partial charge in [0.25, 0.3) is 0 Å². The van der Waals surface area contributed by atoms with Crippen LogP contribution in [0.1, 0.15) is 50.0 Å². The first-order valence-corrected chi connectivity index (χ1v) is 13.4. The van der Waals surface area contributed by atoms with E-state index in [9.17, 15) is 9.59 Å². The Morgan fingerprint density at radius 2 is 2.05 bits per heavy atom. The number of nitrogens with two attached hydrogens (primary N) is 2. The molecule has 0 spiro atoms. The summed E-state index contributed by atoms with van der Waals surface area (Å²) in [5.74, 6) is 11.8. The fourth-order valence-corrected chi connectivity index (χ4v) is 4.75. The second-order valence-corrected chi connectivity index (χ2v) is 10.2. The lowest BCUT2D eigenvalue weighted by Gasteiger charge is -2.18. The van der Waals surface area contributed by atoms with Crippen LogP contribution in [0.25, 0.3) is 17.3 Å². The molecule has 12 heteroatoms. The number of aromatic amines is 1. The van der Waals surface area contributed by atoms with Gasteiger partial charge in [-0.1, -0.05) is 18.5 Å². The number of hydrogen-bond acceptors (Lipinski definition) is 7. The molecule has 2 atom stereocenters. The Bertz CT molecular complexity index is 1420. The van der Waals surface area contributed by atoms with Crippen LogP contribution in [0.4, 0.5) is 17.1 Å². The van der Waals surface area contributed by atoms with Crippen molar-refractivity contribution in [2.75, 3.05) is 22.7 Å². The summed E-state index contributed by atoms with van der Waals surface area (Å²) < 4.78 is 0. The number of hydrazone groups is 1. The Morgan fingerprint density at radius 1 is 1.23 bits per heavy atom. The van der Waals surface area contributed by atoms with Gasteiger partial charge in [-0.25, -0.2) is 10.8 Å². The van der Waals surface area contributed by atoms with E-state index in [1.807, 2.05) is 25.2 Å². The summed E-state index contributed by atoms with van der Waals surface area (Å²) in [6.45, 7) is 2.11. The molecule has 1 aliphatic heterocycles. The smallest absolute Gasteiger partial charge is 0.244 e. The van der Waals surface area contributed by atoms with Crippen molar-refractivity contribution in [3.05, 3.63) is 65.1 Å². The summed E-state index contributed by atoms with van der Waals surface area (Å²) in [5.41, 5.74) is 4.30. The Hall–Kier alpha value is -4.35. The summed E-state index contributed by atoms with van der Waals surface area (Å²) >= 11 is 6.18. The van der Waals surface area contributed by atoms with Gasteiger partial charge in [0.15, 0.2) is 0 Å². The van der Waals surface area contributed by atoms with E-state index in [0.29, 0.717) is 40.6 Å². The van der Waals surface area contributed by atoms with Crippen LogP contribution in [0.3, 0.4) is 0 Å². The second kappa shape index (κ2) is 13.1. The van der Waals surface area contributed by atoms with Crippen LogP contribution in [-0.4, -0.2) is 35.2 Å². The van der Waals surface area contributed by atoms with Gasteiger partial charge in [-0.15, -0.1) is 0 Å². The van der Waals surface area contributed by atoms with Crippen molar-refractivity contribution in [1.29, 1.82) is 0 Å². The molecule has 0 fully saturated rings. The van der Waals surface area contributed by atoms with Gasteiger partial charge < -0.3 is 26.8 Å². The molecule has 1 unspecified atom stereocenters. The molecule has 0 saturated carbocycles. The first kappa shape index (κ1) is 28.7. The summed E-state index contributed by atoms with van der Waals surface area (Å²) in [4.78, 5) is 33.8. The highest BCUT2D eigenvalue weighted by molar-refractivity contribution is 6.30. The van der Waals surface area contributed by atoms with E-state index >= 15 is 0 Å². The molecular formula is C28H34ClN9O2. The van der Waals surface area contributed by atoms with E-state index in [1.165, 1.54) is 17.4 Å². The maximum Gasteiger partial charge on any atom is 0.244 e. The second-order valence-electron chi connectivity index (χ2n) is 9.73. The van der Waals surface area contributed by atoms with Gasteiger partial charge >= 0.3 is 0 Å². The highest BCUT2D eigenvalue weighted by Crippen LogP contribution is 2.32. The zero-order valence-corrected chi connectivity index (χ0v) is 23.2. The number of nitrogens with zero attached hydrogens (tertiary/aromatic N) is 3. The Kier molecular flexibility index (Phi) is 9.41. The van der Waals surface area contributed by atoms with E-state index in [0.717, 1.165) is 29.8 Å². The van der Waals surface area contributed by atoms with E-state index in [4.69, 9.17) is 23.3 Å². The summed E-state index contributed by atoms with van der Waals surface area (Å²) in [6, 6.07) is 10.5. The van der Waals surface area contributed by atoms with Crippen molar-refractivity contribution in [3.63, 3.8) is 0 Å². The highest BCUT2D eigenvalue weighted by Gasteiger charge is 2.21. The van der Waals surface area contributed by atoms with Crippen molar-refractivity contribution in [1.82, 2.24) is 15.3 Å². The van der Waals surface area contributed by atoms with Gasteiger partial charge in [-0.2, -0.15) is 5.10 Å². The van der Waals surface area contributed by atoms with Gasteiger partial charge in [0.1, 0.15) is 12.2 Å². The molecule has 210 valence electrons. The van der Waals surface area contributed by atoms with E-state index < -0.39 is 0 Å². The molecule has 4 rings (SSSR count). The number of anilines is 3. The van der Waals surface area contributed by atoms with E-state index in [1.54, 1.807) is 30.5 Å². The lowest BCUT2D eigenvalue weighted by molar-refractivity contribution is -0.117. The van der Waals surface area contributed by atoms with Crippen molar-refractivity contribution in [2.45, 2.75) is 38.6 Å². The number of halogens is 1. The molecule has 0 aliphatic carbocycles. The lowest BCUT2D eigenvalue weighted by Crippen LogP contribution is -2.30. The molecule has 0 saturated heterocycles. The Labute approximate surface area is 238 Å². The Balaban J connectivity index is 1.61. The third kappa shape index (κ3) is 7.19. The van der Waals surface area contributed by atoms with E-state index in [2.05, 4.69) is 37.9 Å². The molecule has 40 heavy (non-hydrogen) atoms. The van der Waals surface area contributed by atoms with Crippen LogP contribution in [-0.2, 0) is 9.59 Å². The van der Waals surface area contributed by atoms with Gasteiger partial charge in [-0.05, 0) is 67.7 Å². The van der Waals surface area contributed by atoms with Crippen molar-refractivity contribution in [2.24, 2.45) is 22.7 Å². The number of hydrazine groups is 1. The van der Waals surface area contributed by atoms with Crippen molar-refractivity contribution < 1.29 is 9.59 Å². The number of fused-ring (bicyclic) bond motifs is 4. The summed E-state index contributed by atoms with van der Waals surface area (Å²) in [7, 11) is 1.83. The summed E-state index contributed by atoms with van der Waals surface area (Å²) in [6.07, 6.45) is 8.61. The minimum Gasteiger partial charge on any atom is -0.388 e. The molecule has 1 aromatic heterocycles. The van der Waals surface area contributed by atoms with Crippen LogP contribution in [0.15, 0.2) is 53.8 Å². The number of nitrogens with one attached hydrogen (secondary N) is 4. The van der Waals surface area contributed by atoms with Crippen LogP contribution < -0.4 is 32.6 Å². The van der Waals surface area contributed by atoms with Gasteiger partial charge in [0.05, 0.1) is 29.3 Å². The summed E-state index contributed by atoms with van der Waals surface area (Å²) in [5, 5.41) is 14.4. The quantitative estimate of drug-likeness (QED) is 0.0850. The number of hydrogen-bond donors (Lipinski definition) is 6.